The Bertz CT molecular complexity index is 588. The smallest absolute Gasteiger partial charge is 0.240 e. The highest BCUT2D eigenvalue weighted by Crippen LogP contribution is 2.28. The summed E-state index contributed by atoms with van der Waals surface area (Å²) in [6, 6.07) is 2.54. The number of hydrogen-bond donors (Lipinski definition) is 1. The van der Waals surface area contributed by atoms with Crippen molar-refractivity contribution >= 4 is 23.2 Å². The van der Waals surface area contributed by atoms with E-state index in [0.29, 0.717) is 28.8 Å². The first-order chi connectivity index (χ1) is 8.97. The SMILES string of the molecule is Cc1noc(CNC(C)c2cc(F)c(Cl)cc2Cl)n1. The molecular weight excluding hydrogens is 292 g/mol. The molecule has 1 atom stereocenters. The molecule has 1 N–H and O–H groups in total. The van der Waals surface area contributed by atoms with Crippen molar-refractivity contribution in [2.24, 2.45) is 0 Å². The Balaban J connectivity index is 2.07. The van der Waals surface area contributed by atoms with Gasteiger partial charge in [0, 0.05) is 11.1 Å². The van der Waals surface area contributed by atoms with Crippen LogP contribution in [0.15, 0.2) is 16.7 Å². The third-order valence-corrected chi connectivity index (χ3v) is 3.25. The maximum atomic E-state index is 13.4. The van der Waals surface area contributed by atoms with Gasteiger partial charge in [-0.05, 0) is 31.5 Å². The highest BCUT2D eigenvalue weighted by atomic mass is 35.5. The Morgan fingerprint density at radius 2 is 2.11 bits per heavy atom. The molecule has 102 valence electrons. The maximum Gasteiger partial charge on any atom is 0.240 e. The predicted octanol–water partition coefficient (Wildman–Crippen LogP) is 3.67. The standard InChI is InChI=1S/C12H12Cl2FN3O/c1-6(16-5-12-17-7(2)18-19-12)8-3-11(15)10(14)4-9(8)13/h3-4,6,16H,5H2,1-2H3. The van der Waals surface area contributed by atoms with Gasteiger partial charge in [0.05, 0.1) is 11.6 Å². The third kappa shape index (κ3) is 3.43. The van der Waals surface area contributed by atoms with Crippen molar-refractivity contribution in [3.8, 4) is 0 Å². The van der Waals surface area contributed by atoms with Crippen molar-refractivity contribution in [3.05, 3.63) is 45.3 Å². The van der Waals surface area contributed by atoms with Gasteiger partial charge >= 0.3 is 0 Å². The molecule has 2 rings (SSSR count). The van der Waals surface area contributed by atoms with Crippen LogP contribution < -0.4 is 5.32 Å². The summed E-state index contributed by atoms with van der Waals surface area (Å²) in [4.78, 5) is 4.06. The molecule has 0 spiro atoms. The van der Waals surface area contributed by atoms with Crippen LogP contribution in [0.5, 0.6) is 0 Å². The summed E-state index contributed by atoms with van der Waals surface area (Å²) in [5.74, 6) is 0.540. The molecule has 1 aromatic heterocycles. The minimum absolute atomic E-state index is 0.00785. The number of aromatic nitrogens is 2. The third-order valence-electron chi connectivity index (χ3n) is 2.64. The van der Waals surface area contributed by atoms with Gasteiger partial charge < -0.3 is 9.84 Å². The molecule has 0 aliphatic rings. The number of rotatable bonds is 4. The topological polar surface area (TPSA) is 51.0 Å². The quantitative estimate of drug-likeness (QED) is 0.876. The van der Waals surface area contributed by atoms with Crippen LogP contribution in [-0.4, -0.2) is 10.1 Å². The van der Waals surface area contributed by atoms with Crippen molar-refractivity contribution in [3.63, 3.8) is 0 Å². The highest BCUT2D eigenvalue weighted by molar-refractivity contribution is 6.35. The van der Waals surface area contributed by atoms with E-state index in [2.05, 4.69) is 15.5 Å². The molecule has 0 radical (unpaired) electrons. The second-order valence-electron chi connectivity index (χ2n) is 4.13. The van der Waals surface area contributed by atoms with Gasteiger partial charge in [0.1, 0.15) is 5.82 Å². The zero-order valence-electron chi connectivity index (χ0n) is 10.4. The number of halogens is 3. The molecule has 0 saturated heterocycles. The minimum atomic E-state index is -0.497. The fourth-order valence-corrected chi connectivity index (χ4v) is 2.18. The van der Waals surface area contributed by atoms with E-state index in [1.807, 2.05) is 6.92 Å². The summed E-state index contributed by atoms with van der Waals surface area (Å²) in [7, 11) is 0. The van der Waals surface area contributed by atoms with Crippen LogP contribution >= 0.6 is 23.2 Å². The maximum absolute atomic E-state index is 13.4. The average molecular weight is 304 g/mol. The van der Waals surface area contributed by atoms with E-state index in [1.54, 1.807) is 6.92 Å². The van der Waals surface area contributed by atoms with E-state index >= 15 is 0 Å². The van der Waals surface area contributed by atoms with Gasteiger partial charge in [0.25, 0.3) is 0 Å². The first kappa shape index (κ1) is 14.2. The summed E-state index contributed by atoms with van der Waals surface area (Å²) < 4.78 is 18.4. The van der Waals surface area contributed by atoms with Crippen LogP contribution in [0.25, 0.3) is 0 Å². The number of nitrogens with one attached hydrogen (secondary N) is 1. The Morgan fingerprint density at radius 3 is 2.74 bits per heavy atom. The van der Waals surface area contributed by atoms with Crippen LogP contribution in [0, 0.1) is 12.7 Å². The highest BCUT2D eigenvalue weighted by Gasteiger charge is 2.14. The molecule has 2 aromatic rings. The van der Waals surface area contributed by atoms with E-state index in [-0.39, 0.29) is 11.1 Å². The molecule has 1 aromatic carbocycles. The largest absolute Gasteiger partial charge is 0.338 e. The van der Waals surface area contributed by atoms with Crippen molar-refractivity contribution in [1.29, 1.82) is 0 Å². The Hall–Kier alpha value is -1.17. The lowest BCUT2D eigenvalue weighted by atomic mass is 10.1. The predicted molar refractivity (Wildman–Crippen MR) is 70.7 cm³/mol. The Kier molecular flexibility index (Phi) is 4.39. The number of benzene rings is 1. The lowest BCUT2D eigenvalue weighted by Gasteiger charge is -2.15. The number of hydrogen-bond acceptors (Lipinski definition) is 4. The van der Waals surface area contributed by atoms with Gasteiger partial charge in [-0.1, -0.05) is 28.4 Å². The van der Waals surface area contributed by atoms with E-state index in [4.69, 9.17) is 27.7 Å². The van der Waals surface area contributed by atoms with Crippen LogP contribution in [-0.2, 0) is 6.54 Å². The van der Waals surface area contributed by atoms with Gasteiger partial charge in [0.2, 0.25) is 5.89 Å². The van der Waals surface area contributed by atoms with Crippen LogP contribution in [0.4, 0.5) is 4.39 Å². The minimum Gasteiger partial charge on any atom is -0.338 e. The average Bonchev–Trinajstić information content (AvgIpc) is 2.77. The molecular formula is C12H12Cl2FN3O. The molecule has 0 saturated carbocycles. The second kappa shape index (κ2) is 5.86. The van der Waals surface area contributed by atoms with Crippen molar-refractivity contribution in [2.45, 2.75) is 26.4 Å². The first-order valence-electron chi connectivity index (χ1n) is 5.64. The molecule has 1 unspecified atom stereocenters. The van der Waals surface area contributed by atoms with Gasteiger partial charge in [-0.25, -0.2) is 4.39 Å². The van der Waals surface area contributed by atoms with Crippen molar-refractivity contribution in [2.75, 3.05) is 0 Å². The summed E-state index contributed by atoms with van der Waals surface area (Å²) in [6.45, 7) is 3.97. The molecule has 7 heteroatoms. The Morgan fingerprint density at radius 1 is 1.37 bits per heavy atom. The van der Waals surface area contributed by atoms with Gasteiger partial charge in [-0.2, -0.15) is 4.98 Å². The molecule has 1 heterocycles. The van der Waals surface area contributed by atoms with E-state index in [0.717, 1.165) is 0 Å². The van der Waals surface area contributed by atoms with Crippen molar-refractivity contribution in [1.82, 2.24) is 15.5 Å². The summed E-state index contributed by atoms with van der Waals surface area (Å²) in [5.41, 5.74) is 0.625. The fraction of sp³-hybridized carbons (Fsp3) is 0.333. The van der Waals surface area contributed by atoms with Gasteiger partial charge in [0.15, 0.2) is 5.82 Å². The van der Waals surface area contributed by atoms with E-state index in [9.17, 15) is 4.39 Å². The fourth-order valence-electron chi connectivity index (χ4n) is 1.63. The molecule has 4 nitrogen and oxygen atoms in total. The van der Waals surface area contributed by atoms with Crippen molar-refractivity contribution < 1.29 is 8.91 Å². The van der Waals surface area contributed by atoms with E-state index < -0.39 is 5.82 Å². The first-order valence-corrected chi connectivity index (χ1v) is 6.40. The molecule has 0 bridgehead atoms. The molecule has 0 aliphatic carbocycles. The Labute approximate surface area is 119 Å². The van der Waals surface area contributed by atoms with Gasteiger partial charge in [-0.15, -0.1) is 0 Å². The molecule has 0 aliphatic heterocycles. The van der Waals surface area contributed by atoms with Crippen LogP contribution in [0.3, 0.4) is 0 Å². The number of aryl methyl sites for hydroxylation is 1. The lowest BCUT2D eigenvalue weighted by molar-refractivity contribution is 0.357. The summed E-state index contributed by atoms with van der Waals surface area (Å²) >= 11 is 11.7. The zero-order chi connectivity index (χ0) is 14.0. The second-order valence-corrected chi connectivity index (χ2v) is 4.94. The molecule has 0 amide bonds. The molecule has 0 fully saturated rings. The normalized spacial score (nSPS) is 12.7. The monoisotopic (exact) mass is 303 g/mol. The molecule has 19 heavy (non-hydrogen) atoms. The van der Waals surface area contributed by atoms with Crippen LogP contribution in [0.2, 0.25) is 10.0 Å². The van der Waals surface area contributed by atoms with Gasteiger partial charge in [-0.3, -0.25) is 0 Å². The number of nitrogens with zero attached hydrogens (tertiary/aromatic N) is 2. The summed E-state index contributed by atoms with van der Waals surface area (Å²) in [6.07, 6.45) is 0. The zero-order valence-corrected chi connectivity index (χ0v) is 11.9. The summed E-state index contributed by atoms with van der Waals surface area (Å²) in [5, 5.41) is 7.22. The van der Waals surface area contributed by atoms with Crippen LogP contribution in [0.1, 0.15) is 30.2 Å². The van der Waals surface area contributed by atoms with E-state index in [1.165, 1.54) is 12.1 Å². The lowest BCUT2D eigenvalue weighted by Crippen LogP contribution is -2.18.